The maximum atomic E-state index is 13.6. The lowest BCUT2D eigenvalue weighted by Gasteiger charge is -2.20. The van der Waals surface area contributed by atoms with E-state index in [4.69, 9.17) is 16.3 Å². The van der Waals surface area contributed by atoms with Crippen LogP contribution in [-0.4, -0.2) is 25.5 Å². The second kappa shape index (κ2) is 5.26. The number of rotatable bonds is 3. The van der Waals surface area contributed by atoms with Crippen LogP contribution in [0.2, 0.25) is 0 Å². The van der Waals surface area contributed by atoms with Crippen molar-refractivity contribution < 1.29 is 13.9 Å². The molecule has 82 valence electrons. The molecular weight excluding hydrogens is 241 g/mol. The molecule has 0 fully saturated rings. The van der Waals surface area contributed by atoms with Gasteiger partial charge in [0.2, 0.25) is 0 Å². The number of nitrogens with one attached hydrogen (secondary N) is 1. The lowest BCUT2D eigenvalue weighted by atomic mass is 10.0. The summed E-state index contributed by atoms with van der Waals surface area (Å²) in [5.41, 5.74) is -0.0188. The molecule has 0 aliphatic heterocycles. The molecule has 0 bridgehead atoms. The Hall–Kier alpha value is -0.900. The number of hydrogen-bond donors (Lipinski definition) is 1. The van der Waals surface area contributed by atoms with Gasteiger partial charge < -0.3 is 9.46 Å². The van der Waals surface area contributed by atoms with Gasteiger partial charge in [-0.15, -0.1) is 0 Å². The van der Waals surface area contributed by atoms with Crippen molar-refractivity contribution in [2.45, 2.75) is 6.17 Å². The van der Waals surface area contributed by atoms with Crippen LogP contribution < -0.4 is 4.72 Å². The molecule has 6 heteroatoms. The lowest BCUT2D eigenvalue weighted by molar-refractivity contribution is 0.298. The van der Waals surface area contributed by atoms with Gasteiger partial charge in [-0.2, -0.15) is 0 Å². The Morgan fingerprint density at radius 3 is 2.87 bits per heavy atom. The molecule has 0 aromatic rings. The van der Waals surface area contributed by atoms with Gasteiger partial charge in [-0.3, -0.25) is 0 Å². The Morgan fingerprint density at radius 1 is 1.73 bits per heavy atom. The third-order valence-corrected chi connectivity index (χ3v) is 2.65. The van der Waals surface area contributed by atoms with Gasteiger partial charge in [-0.05, 0) is 0 Å². The first-order valence-corrected chi connectivity index (χ1v) is 5.59. The summed E-state index contributed by atoms with van der Waals surface area (Å²) in [7, 11) is 1.39. The highest BCUT2D eigenvalue weighted by Gasteiger charge is 2.29. The summed E-state index contributed by atoms with van der Waals surface area (Å²) in [5.74, 6) is 1.74. The molecule has 1 rings (SSSR count). The Bertz CT molecular complexity index is 374. The first kappa shape index (κ1) is 12.2. The van der Waals surface area contributed by atoms with Crippen LogP contribution in [0.25, 0.3) is 0 Å². The highest BCUT2D eigenvalue weighted by atomic mass is 35.5. The van der Waals surface area contributed by atoms with Crippen LogP contribution in [0.5, 0.6) is 0 Å². The summed E-state index contributed by atoms with van der Waals surface area (Å²) in [5, 5.41) is -0.0355. The second-order valence-corrected chi connectivity index (χ2v) is 3.66. The summed E-state index contributed by atoms with van der Waals surface area (Å²) in [6.07, 6.45) is 1.58. The van der Waals surface area contributed by atoms with Crippen LogP contribution in [0.1, 0.15) is 0 Å². The Kier molecular flexibility index (Phi) is 4.27. The van der Waals surface area contributed by atoms with E-state index in [1.807, 2.05) is 0 Å². The molecule has 0 amide bonds. The number of halogens is 2. The van der Waals surface area contributed by atoms with E-state index >= 15 is 0 Å². The van der Waals surface area contributed by atoms with Crippen molar-refractivity contribution >= 4 is 29.5 Å². The zero-order valence-electron chi connectivity index (χ0n) is 8.14. The summed E-state index contributed by atoms with van der Waals surface area (Å²) < 4.78 is 21.3. The highest BCUT2D eigenvalue weighted by molar-refractivity contribution is 7.96. The molecule has 0 radical (unpaired) electrons. The molecule has 3 nitrogen and oxygen atoms in total. The lowest BCUT2D eigenvalue weighted by Crippen LogP contribution is -2.22. The molecule has 1 aliphatic carbocycles. The van der Waals surface area contributed by atoms with Crippen molar-refractivity contribution in [3.8, 4) is 0 Å². The third kappa shape index (κ3) is 2.37. The van der Waals surface area contributed by atoms with Gasteiger partial charge in [-0.1, -0.05) is 23.5 Å². The van der Waals surface area contributed by atoms with Crippen LogP contribution in [0, 0.1) is 0 Å². The topological polar surface area (TPSA) is 38.3 Å². The van der Waals surface area contributed by atoms with Crippen molar-refractivity contribution in [2.24, 2.45) is 0 Å². The summed E-state index contributed by atoms with van der Waals surface area (Å²) in [4.78, 5) is 10.6. The molecular formula is C9H9ClFNO2S. The van der Waals surface area contributed by atoms with E-state index in [2.05, 4.69) is 4.72 Å². The number of ether oxygens (including phenoxy) is 1. The number of alkyl halides is 1. The highest BCUT2D eigenvalue weighted by Crippen LogP contribution is 2.32. The smallest absolute Gasteiger partial charge is 0.177 e. The van der Waals surface area contributed by atoms with Crippen LogP contribution in [0.15, 0.2) is 28.1 Å². The molecule has 0 aromatic carbocycles. The van der Waals surface area contributed by atoms with E-state index in [9.17, 15) is 9.18 Å². The summed E-state index contributed by atoms with van der Waals surface area (Å²) in [6, 6.07) is 0. The Morgan fingerprint density at radius 2 is 2.40 bits per heavy atom. The molecule has 1 aliphatic rings. The number of allylic oxidation sites excluding steroid dienone is 3. The van der Waals surface area contributed by atoms with Crippen LogP contribution in [0.4, 0.5) is 4.39 Å². The minimum atomic E-state index is -1.58. The standard InChI is InChI=1S/C9H9ClFNO2S/c1-14-7-3-6(12-15-2)9(11)5(4-13)8(7)10/h3,9,12H,1-2H3. The van der Waals surface area contributed by atoms with E-state index in [0.29, 0.717) is 0 Å². The van der Waals surface area contributed by atoms with Crippen LogP contribution >= 0.6 is 23.5 Å². The average molecular weight is 250 g/mol. The molecule has 1 unspecified atom stereocenters. The fourth-order valence-corrected chi connectivity index (χ4v) is 1.79. The van der Waals surface area contributed by atoms with Crippen molar-refractivity contribution in [1.82, 2.24) is 4.72 Å². The Labute approximate surface area is 96.1 Å². The van der Waals surface area contributed by atoms with Crippen molar-refractivity contribution in [3.63, 3.8) is 0 Å². The first-order chi connectivity index (χ1) is 7.15. The molecule has 0 saturated heterocycles. The van der Waals surface area contributed by atoms with Crippen molar-refractivity contribution in [3.05, 3.63) is 28.1 Å². The summed E-state index contributed by atoms with van der Waals surface area (Å²) in [6.45, 7) is 0. The van der Waals surface area contributed by atoms with Gasteiger partial charge in [-0.25, -0.2) is 9.18 Å². The molecule has 0 aromatic heterocycles. The van der Waals surface area contributed by atoms with Gasteiger partial charge in [0.25, 0.3) is 0 Å². The van der Waals surface area contributed by atoms with Gasteiger partial charge >= 0.3 is 0 Å². The number of carbonyl (C=O) groups excluding carboxylic acids is 1. The number of hydrogen-bond acceptors (Lipinski definition) is 4. The van der Waals surface area contributed by atoms with Crippen molar-refractivity contribution in [2.75, 3.05) is 13.4 Å². The third-order valence-electron chi connectivity index (χ3n) is 1.82. The maximum absolute atomic E-state index is 13.6. The quantitative estimate of drug-likeness (QED) is 0.613. The summed E-state index contributed by atoms with van der Waals surface area (Å²) >= 11 is 6.96. The average Bonchev–Trinajstić information content (AvgIpc) is 2.23. The van der Waals surface area contributed by atoms with E-state index < -0.39 is 6.17 Å². The Balaban J connectivity index is 3.17. The fraction of sp³-hybridized carbons (Fsp3) is 0.333. The normalized spacial score (nSPS) is 20.9. The van der Waals surface area contributed by atoms with E-state index in [0.717, 1.165) is 0 Å². The fourth-order valence-electron chi connectivity index (χ4n) is 1.12. The zero-order chi connectivity index (χ0) is 11.4. The molecule has 1 atom stereocenters. The van der Waals surface area contributed by atoms with E-state index in [1.165, 1.54) is 31.1 Å². The van der Waals surface area contributed by atoms with Gasteiger partial charge in [0.05, 0.1) is 18.4 Å². The van der Waals surface area contributed by atoms with Crippen LogP contribution in [0.3, 0.4) is 0 Å². The second-order valence-electron chi connectivity index (χ2n) is 2.67. The first-order valence-electron chi connectivity index (χ1n) is 3.99. The van der Waals surface area contributed by atoms with E-state index in [1.54, 1.807) is 6.26 Å². The maximum Gasteiger partial charge on any atom is 0.177 e. The minimum Gasteiger partial charge on any atom is -0.495 e. The minimum absolute atomic E-state index is 0.0355. The van der Waals surface area contributed by atoms with Gasteiger partial charge in [0.15, 0.2) is 6.17 Å². The van der Waals surface area contributed by atoms with Crippen molar-refractivity contribution in [1.29, 1.82) is 0 Å². The predicted octanol–water partition coefficient (Wildman–Crippen LogP) is 1.94. The van der Waals surface area contributed by atoms with Gasteiger partial charge in [0.1, 0.15) is 16.7 Å². The van der Waals surface area contributed by atoms with Crippen LogP contribution in [-0.2, 0) is 9.53 Å². The largest absolute Gasteiger partial charge is 0.495 e. The zero-order valence-corrected chi connectivity index (χ0v) is 9.71. The molecule has 1 N–H and O–H groups in total. The number of methoxy groups -OCH3 is 1. The van der Waals surface area contributed by atoms with E-state index in [-0.39, 0.29) is 22.1 Å². The SMILES string of the molecule is COC1=C(Cl)C(=C=O)C(F)C(NSC)=C1. The van der Waals surface area contributed by atoms with Gasteiger partial charge in [0, 0.05) is 12.3 Å². The molecule has 0 spiro atoms. The predicted molar refractivity (Wildman–Crippen MR) is 58.7 cm³/mol. The molecule has 15 heavy (non-hydrogen) atoms. The molecule has 0 saturated carbocycles. The molecule has 0 heterocycles. The monoisotopic (exact) mass is 249 g/mol.